The number of hydrogen-bond acceptors (Lipinski definition) is 4. The van der Waals surface area contributed by atoms with E-state index in [1.165, 1.54) is 12.5 Å². The second-order valence-corrected chi connectivity index (χ2v) is 6.10. The molecule has 0 saturated carbocycles. The molecule has 20 heavy (non-hydrogen) atoms. The van der Waals surface area contributed by atoms with Crippen LogP contribution in [0.15, 0.2) is 52.1 Å². The number of rotatable bonds is 4. The Hall–Kier alpha value is -2.25. The lowest BCUT2D eigenvalue weighted by molar-refractivity contribution is 0.499. The number of sulfonamides is 1. The fourth-order valence-corrected chi connectivity index (χ4v) is 3.17. The Kier molecular flexibility index (Phi) is 3.00. The summed E-state index contributed by atoms with van der Waals surface area (Å²) in [5.41, 5.74) is 6.93. The largest absolute Gasteiger partial charge is 0.468 e. The van der Waals surface area contributed by atoms with Gasteiger partial charge >= 0.3 is 0 Å². The lowest BCUT2D eigenvalue weighted by Gasteiger charge is -2.04. The average Bonchev–Trinajstić information content (AvgIpc) is 3.05. The zero-order chi connectivity index (χ0) is 14.2. The second-order valence-electron chi connectivity index (χ2n) is 4.36. The van der Waals surface area contributed by atoms with Gasteiger partial charge in [0, 0.05) is 22.8 Å². The highest BCUT2D eigenvalue weighted by Crippen LogP contribution is 2.24. The molecule has 104 valence electrons. The third-order valence-electron chi connectivity index (χ3n) is 2.97. The SMILES string of the molecule is Nc1ccc2c(S(=O)(=O)NCc3ccco3)c[nH]c2c1. The molecule has 0 unspecified atom stereocenters. The van der Waals surface area contributed by atoms with Gasteiger partial charge in [-0.1, -0.05) is 0 Å². The van der Waals surface area contributed by atoms with E-state index in [2.05, 4.69) is 9.71 Å². The number of anilines is 1. The average molecular weight is 291 g/mol. The summed E-state index contributed by atoms with van der Waals surface area (Å²) in [5.74, 6) is 0.553. The van der Waals surface area contributed by atoms with Crippen molar-refractivity contribution in [3.05, 3.63) is 48.6 Å². The van der Waals surface area contributed by atoms with Crippen LogP contribution in [0.5, 0.6) is 0 Å². The number of aromatic nitrogens is 1. The maximum atomic E-state index is 12.3. The maximum Gasteiger partial charge on any atom is 0.243 e. The van der Waals surface area contributed by atoms with Crippen molar-refractivity contribution in [2.24, 2.45) is 0 Å². The van der Waals surface area contributed by atoms with Gasteiger partial charge in [0.05, 0.1) is 12.8 Å². The van der Waals surface area contributed by atoms with Gasteiger partial charge < -0.3 is 15.1 Å². The first-order valence-corrected chi connectivity index (χ1v) is 7.43. The summed E-state index contributed by atoms with van der Waals surface area (Å²) in [6, 6.07) is 8.46. The predicted molar refractivity (Wildman–Crippen MR) is 75.4 cm³/mol. The highest BCUT2D eigenvalue weighted by Gasteiger charge is 2.19. The van der Waals surface area contributed by atoms with Crippen molar-refractivity contribution in [3.63, 3.8) is 0 Å². The molecule has 7 heteroatoms. The minimum Gasteiger partial charge on any atom is -0.468 e. The fourth-order valence-electron chi connectivity index (χ4n) is 2.00. The topological polar surface area (TPSA) is 101 Å². The van der Waals surface area contributed by atoms with Crippen molar-refractivity contribution in [3.8, 4) is 0 Å². The van der Waals surface area contributed by atoms with E-state index in [-0.39, 0.29) is 11.4 Å². The highest BCUT2D eigenvalue weighted by atomic mass is 32.2. The number of nitrogens with two attached hydrogens (primary N) is 1. The smallest absolute Gasteiger partial charge is 0.243 e. The van der Waals surface area contributed by atoms with E-state index in [1.54, 1.807) is 30.3 Å². The third-order valence-corrected chi connectivity index (χ3v) is 4.42. The quantitative estimate of drug-likeness (QED) is 0.638. The molecule has 0 aliphatic heterocycles. The number of aromatic amines is 1. The first kappa shape index (κ1) is 12.8. The van der Waals surface area contributed by atoms with Crippen molar-refractivity contribution >= 4 is 26.6 Å². The van der Waals surface area contributed by atoms with E-state index < -0.39 is 10.0 Å². The summed E-state index contributed by atoms with van der Waals surface area (Å²) in [5, 5.41) is 0.603. The van der Waals surface area contributed by atoms with Gasteiger partial charge in [-0.25, -0.2) is 13.1 Å². The molecule has 1 aromatic carbocycles. The highest BCUT2D eigenvalue weighted by molar-refractivity contribution is 7.89. The zero-order valence-electron chi connectivity index (χ0n) is 10.5. The Bertz CT molecular complexity index is 835. The van der Waals surface area contributed by atoms with E-state index in [0.29, 0.717) is 22.4 Å². The first-order chi connectivity index (χ1) is 9.56. The molecule has 0 saturated heterocycles. The maximum absolute atomic E-state index is 12.3. The number of nitrogen functional groups attached to an aromatic ring is 1. The van der Waals surface area contributed by atoms with Crippen LogP contribution in [0.4, 0.5) is 5.69 Å². The van der Waals surface area contributed by atoms with E-state index in [4.69, 9.17) is 10.2 Å². The summed E-state index contributed by atoms with van der Waals surface area (Å²) < 4.78 is 32.2. The van der Waals surface area contributed by atoms with Crippen LogP contribution in [0, 0.1) is 0 Å². The van der Waals surface area contributed by atoms with Crippen molar-refractivity contribution in [1.82, 2.24) is 9.71 Å². The molecule has 0 radical (unpaired) electrons. The standard InChI is InChI=1S/C13H13N3O3S/c14-9-3-4-11-12(6-9)15-8-13(11)20(17,18)16-7-10-2-1-5-19-10/h1-6,8,15-16H,7,14H2. The molecule has 0 fully saturated rings. The van der Waals surface area contributed by atoms with Crippen LogP contribution in [0.3, 0.4) is 0 Å². The molecule has 0 atom stereocenters. The molecule has 0 bridgehead atoms. The van der Waals surface area contributed by atoms with Gasteiger partial charge in [-0.3, -0.25) is 0 Å². The second kappa shape index (κ2) is 4.69. The van der Waals surface area contributed by atoms with Crippen LogP contribution in [-0.4, -0.2) is 13.4 Å². The van der Waals surface area contributed by atoms with Gasteiger partial charge in [-0.05, 0) is 30.3 Å². The van der Waals surface area contributed by atoms with E-state index >= 15 is 0 Å². The van der Waals surface area contributed by atoms with Gasteiger partial charge in [0.2, 0.25) is 10.0 Å². The molecular weight excluding hydrogens is 278 g/mol. The zero-order valence-corrected chi connectivity index (χ0v) is 11.3. The predicted octanol–water partition coefficient (Wildman–Crippen LogP) is 1.82. The monoisotopic (exact) mass is 291 g/mol. The summed E-state index contributed by atoms with van der Waals surface area (Å²) >= 11 is 0. The van der Waals surface area contributed by atoms with Crippen molar-refractivity contribution < 1.29 is 12.8 Å². The number of nitrogens with one attached hydrogen (secondary N) is 2. The van der Waals surface area contributed by atoms with Crippen LogP contribution >= 0.6 is 0 Å². The fraction of sp³-hybridized carbons (Fsp3) is 0.0769. The van der Waals surface area contributed by atoms with Crippen molar-refractivity contribution in [2.45, 2.75) is 11.4 Å². The van der Waals surface area contributed by atoms with E-state index in [9.17, 15) is 8.42 Å². The number of furan rings is 1. The van der Waals surface area contributed by atoms with Crippen LogP contribution < -0.4 is 10.5 Å². The van der Waals surface area contributed by atoms with Crippen molar-refractivity contribution in [1.29, 1.82) is 0 Å². The molecule has 3 aromatic rings. The molecule has 3 rings (SSSR count). The molecule has 2 heterocycles. The van der Waals surface area contributed by atoms with Gasteiger partial charge in [-0.15, -0.1) is 0 Å². The third kappa shape index (κ3) is 2.28. The Balaban J connectivity index is 1.93. The molecule has 0 amide bonds. The summed E-state index contributed by atoms with van der Waals surface area (Å²) in [6.45, 7) is 0.108. The number of benzene rings is 1. The molecule has 6 nitrogen and oxygen atoms in total. The molecule has 0 spiro atoms. The lowest BCUT2D eigenvalue weighted by Crippen LogP contribution is -2.22. The summed E-state index contributed by atoms with van der Waals surface area (Å²) in [4.78, 5) is 3.10. The molecule has 4 N–H and O–H groups in total. The van der Waals surface area contributed by atoms with Gasteiger partial charge in [0.25, 0.3) is 0 Å². The first-order valence-electron chi connectivity index (χ1n) is 5.95. The van der Waals surface area contributed by atoms with Crippen LogP contribution in [0.25, 0.3) is 10.9 Å². The number of hydrogen-bond donors (Lipinski definition) is 3. The number of H-pyrrole nitrogens is 1. The molecule has 0 aliphatic rings. The Morgan fingerprint density at radius 3 is 2.90 bits per heavy atom. The van der Waals surface area contributed by atoms with Crippen LogP contribution in [0.2, 0.25) is 0 Å². The van der Waals surface area contributed by atoms with Crippen LogP contribution in [-0.2, 0) is 16.6 Å². The summed E-state index contributed by atoms with van der Waals surface area (Å²) in [6.07, 6.45) is 2.95. The molecular formula is C13H13N3O3S. The Morgan fingerprint density at radius 1 is 1.30 bits per heavy atom. The van der Waals surface area contributed by atoms with Crippen LogP contribution in [0.1, 0.15) is 5.76 Å². The van der Waals surface area contributed by atoms with Crippen molar-refractivity contribution in [2.75, 3.05) is 5.73 Å². The van der Waals surface area contributed by atoms with E-state index in [0.717, 1.165) is 0 Å². The van der Waals surface area contributed by atoms with Gasteiger partial charge in [0.15, 0.2) is 0 Å². The number of fused-ring (bicyclic) bond motifs is 1. The molecule has 2 aromatic heterocycles. The van der Waals surface area contributed by atoms with Gasteiger partial charge in [0.1, 0.15) is 10.7 Å². The van der Waals surface area contributed by atoms with Gasteiger partial charge in [-0.2, -0.15) is 0 Å². The minimum absolute atomic E-state index is 0.108. The Morgan fingerprint density at radius 2 is 2.15 bits per heavy atom. The Labute approximate surface area is 115 Å². The normalized spacial score (nSPS) is 12.0. The van der Waals surface area contributed by atoms with E-state index in [1.807, 2.05) is 0 Å². The minimum atomic E-state index is -3.61. The molecule has 0 aliphatic carbocycles. The lowest BCUT2D eigenvalue weighted by atomic mass is 10.2. The summed E-state index contributed by atoms with van der Waals surface area (Å²) in [7, 11) is -3.61.